The molecule has 0 aliphatic heterocycles. The molecule has 0 aliphatic carbocycles. The molecule has 0 spiro atoms. The summed E-state index contributed by atoms with van der Waals surface area (Å²) in [6.07, 6.45) is 0.340. The minimum absolute atomic E-state index is 0.0351. The first-order valence-electron chi connectivity index (χ1n) is 8.16. The number of nitrogens with zero attached hydrogens (tertiary/aromatic N) is 1. The van der Waals surface area contributed by atoms with Crippen LogP contribution in [0, 0.1) is 16.0 Å². The lowest BCUT2D eigenvalue weighted by Gasteiger charge is -2.09. The van der Waals surface area contributed by atoms with Crippen molar-refractivity contribution in [1.82, 2.24) is 0 Å². The standard InChI is InChI=1S/C18H20N2O5S/c1-4-25-18(22)16-14(12-5-7-13(8-6-12)20(23)24)10-26-17(16)19-15(21)9-11(2)3/h5-8,10-11H,4,9H2,1-3H3,(H,19,21). The molecular formula is C18H20N2O5S. The lowest BCUT2D eigenvalue weighted by Crippen LogP contribution is -2.16. The highest BCUT2D eigenvalue weighted by atomic mass is 32.1. The van der Waals surface area contributed by atoms with Crippen LogP contribution in [0.5, 0.6) is 0 Å². The predicted octanol–water partition coefficient (Wildman–Crippen LogP) is 4.48. The van der Waals surface area contributed by atoms with Crippen molar-refractivity contribution < 1.29 is 19.2 Å². The Balaban J connectivity index is 2.41. The molecule has 7 nitrogen and oxygen atoms in total. The van der Waals surface area contributed by atoms with Gasteiger partial charge in [0.1, 0.15) is 10.6 Å². The summed E-state index contributed by atoms with van der Waals surface area (Å²) in [6, 6.07) is 5.89. The number of non-ortho nitro benzene ring substituents is 1. The van der Waals surface area contributed by atoms with E-state index in [2.05, 4.69) is 5.32 Å². The highest BCUT2D eigenvalue weighted by Crippen LogP contribution is 2.37. The molecule has 1 aromatic carbocycles. The van der Waals surface area contributed by atoms with Gasteiger partial charge in [0.05, 0.1) is 11.5 Å². The Bertz CT molecular complexity index is 811. The van der Waals surface area contributed by atoms with Crippen molar-refractivity contribution in [3.63, 3.8) is 0 Å². The summed E-state index contributed by atoms with van der Waals surface area (Å²) in [6.45, 7) is 5.77. The van der Waals surface area contributed by atoms with Crippen molar-refractivity contribution in [1.29, 1.82) is 0 Å². The Kier molecular flexibility index (Phi) is 6.46. The zero-order valence-electron chi connectivity index (χ0n) is 14.8. The van der Waals surface area contributed by atoms with Crippen LogP contribution in [0.15, 0.2) is 29.6 Å². The van der Waals surface area contributed by atoms with E-state index in [9.17, 15) is 19.7 Å². The summed E-state index contributed by atoms with van der Waals surface area (Å²) in [5.74, 6) is -0.528. The van der Waals surface area contributed by atoms with E-state index in [1.165, 1.54) is 23.5 Å². The molecule has 138 valence electrons. The Morgan fingerprint density at radius 1 is 1.27 bits per heavy atom. The van der Waals surface area contributed by atoms with Gasteiger partial charge in [-0.15, -0.1) is 11.3 Å². The van der Waals surface area contributed by atoms with Crippen molar-refractivity contribution in [3.05, 3.63) is 45.3 Å². The number of carbonyl (C=O) groups excluding carboxylic acids is 2. The number of nitro benzene ring substituents is 1. The van der Waals surface area contributed by atoms with E-state index in [4.69, 9.17) is 4.74 Å². The molecule has 26 heavy (non-hydrogen) atoms. The topological polar surface area (TPSA) is 98.5 Å². The van der Waals surface area contributed by atoms with Gasteiger partial charge in [-0.2, -0.15) is 0 Å². The Morgan fingerprint density at radius 3 is 2.46 bits per heavy atom. The molecule has 0 saturated carbocycles. The fourth-order valence-corrected chi connectivity index (χ4v) is 3.35. The van der Waals surface area contributed by atoms with Crippen molar-refractivity contribution >= 4 is 33.9 Å². The van der Waals surface area contributed by atoms with Gasteiger partial charge >= 0.3 is 5.97 Å². The van der Waals surface area contributed by atoms with E-state index in [0.29, 0.717) is 22.5 Å². The van der Waals surface area contributed by atoms with Crippen LogP contribution in [0.25, 0.3) is 11.1 Å². The number of ether oxygens (including phenoxy) is 1. The molecule has 8 heteroatoms. The van der Waals surface area contributed by atoms with Crippen LogP contribution in [0.2, 0.25) is 0 Å². The molecule has 0 fully saturated rings. The van der Waals surface area contributed by atoms with Crippen LogP contribution < -0.4 is 5.32 Å². The average Bonchev–Trinajstić information content (AvgIpc) is 2.97. The first-order chi connectivity index (χ1) is 12.3. The van der Waals surface area contributed by atoms with E-state index >= 15 is 0 Å². The quantitative estimate of drug-likeness (QED) is 0.436. The number of esters is 1. The number of benzene rings is 1. The summed E-state index contributed by atoms with van der Waals surface area (Å²) < 4.78 is 5.12. The molecule has 0 saturated heterocycles. The molecule has 0 radical (unpaired) electrons. The molecule has 1 N–H and O–H groups in total. The lowest BCUT2D eigenvalue weighted by molar-refractivity contribution is -0.384. The Morgan fingerprint density at radius 2 is 1.92 bits per heavy atom. The van der Waals surface area contributed by atoms with Gasteiger partial charge < -0.3 is 10.1 Å². The zero-order valence-corrected chi connectivity index (χ0v) is 15.6. The van der Waals surface area contributed by atoms with Crippen molar-refractivity contribution in [3.8, 4) is 11.1 Å². The van der Waals surface area contributed by atoms with Gasteiger partial charge in [-0.05, 0) is 30.5 Å². The van der Waals surface area contributed by atoms with Crippen LogP contribution in [0.4, 0.5) is 10.7 Å². The molecule has 1 heterocycles. The molecule has 0 aliphatic rings. The summed E-state index contributed by atoms with van der Waals surface area (Å²) in [5.41, 5.74) is 1.44. The predicted molar refractivity (Wildman–Crippen MR) is 100 cm³/mol. The number of thiophene rings is 1. The Labute approximate surface area is 155 Å². The molecular weight excluding hydrogens is 356 g/mol. The number of hydrogen-bond acceptors (Lipinski definition) is 6. The van der Waals surface area contributed by atoms with Gasteiger partial charge in [0.15, 0.2) is 0 Å². The summed E-state index contributed by atoms with van der Waals surface area (Å²) in [7, 11) is 0. The normalized spacial score (nSPS) is 10.6. The maximum atomic E-state index is 12.4. The van der Waals surface area contributed by atoms with Gasteiger partial charge in [-0.3, -0.25) is 14.9 Å². The highest BCUT2D eigenvalue weighted by molar-refractivity contribution is 7.15. The second kappa shape index (κ2) is 8.57. The average molecular weight is 376 g/mol. The van der Waals surface area contributed by atoms with Crippen molar-refractivity contribution in [2.75, 3.05) is 11.9 Å². The number of carbonyl (C=O) groups is 2. The maximum absolute atomic E-state index is 12.4. The van der Waals surface area contributed by atoms with Gasteiger partial charge in [-0.25, -0.2) is 4.79 Å². The third-order valence-corrected chi connectivity index (χ3v) is 4.40. The van der Waals surface area contributed by atoms with E-state index in [-0.39, 0.29) is 29.7 Å². The smallest absolute Gasteiger partial charge is 0.341 e. The van der Waals surface area contributed by atoms with Crippen LogP contribution in [-0.4, -0.2) is 23.4 Å². The first-order valence-corrected chi connectivity index (χ1v) is 9.04. The number of nitro groups is 1. The number of hydrogen-bond donors (Lipinski definition) is 1. The summed E-state index contributed by atoms with van der Waals surface area (Å²) >= 11 is 1.22. The largest absolute Gasteiger partial charge is 0.462 e. The van der Waals surface area contributed by atoms with E-state index < -0.39 is 10.9 Å². The number of nitrogens with one attached hydrogen (secondary N) is 1. The maximum Gasteiger partial charge on any atom is 0.341 e. The van der Waals surface area contributed by atoms with Crippen molar-refractivity contribution in [2.45, 2.75) is 27.2 Å². The van der Waals surface area contributed by atoms with Gasteiger partial charge in [0.25, 0.3) is 5.69 Å². The molecule has 0 unspecified atom stereocenters. The second-order valence-corrected chi connectivity index (χ2v) is 6.90. The SMILES string of the molecule is CCOC(=O)c1c(-c2ccc([N+](=O)[O-])cc2)csc1NC(=O)CC(C)C. The van der Waals surface area contributed by atoms with Crippen LogP contribution in [0.1, 0.15) is 37.6 Å². The number of anilines is 1. The molecule has 0 atom stereocenters. The molecule has 2 rings (SSSR count). The van der Waals surface area contributed by atoms with E-state index in [1.54, 1.807) is 24.4 Å². The third-order valence-electron chi connectivity index (χ3n) is 3.51. The Hall–Kier alpha value is -2.74. The monoisotopic (exact) mass is 376 g/mol. The molecule has 1 amide bonds. The summed E-state index contributed by atoms with van der Waals surface area (Å²) in [4.78, 5) is 34.8. The highest BCUT2D eigenvalue weighted by Gasteiger charge is 2.23. The third kappa shape index (κ3) is 4.66. The fourth-order valence-electron chi connectivity index (χ4n) is 2.38. The molecule has 1 aromatic heterocycles. The minimum Gasteiger partial charge on any atom is -0.462 e. The van der Waals surface area contributed by atoms with Crippen molar-refractivity contribution in [2.24, 2.45) is 5.92 Å². The van der Waals surface area contributed by atoms with Gasteiger partial charge in [0, 0.05) is 29.5 Å². The lowest BCUT2D eigenvalue weighted by atomic mass is 10.0. The second-order valence-electron chi connectivity index (χ2n) is 6.02. The first kappa shape index (κ1) is 19.6. The van der Waals surface area contributed by atoms with Crippen LogP contribution in [-0.2, 0) is 9.53 Å². The minimum atomic E-state index is -0.540. The zero-order chi connectivity index (χ0) is 19.3. The van der Waals surface area contributed by atoms with Crippen LogP contribution >= 0.6 is 11.3 Å². The molecule has 2 aromatic rings. The van der Waals surface area contributed by atoms with E-state index in [0.717, 1.165) is 0 Å². The molecule has 0 bridgehead atoms. The summed E-state index contributed by atoms with van der Waals surface area (Å²) in [5, 5.41) is 15.7. The fraction of sp³-hybridized carbons (Fsp3) is 0.333. The van der Waals surface area contributed by atoms with Gasteiger partial charge in [0.2, 0.25) is 5.91 Å². The number of amides is 1. The van der Waals surface area contributed by atoms with E-state index in [1.807, 2.05) is 13.8 Å². The number of rotatable bonds is 7. The van der Waals surface area contributed by atoms with Gasteiger partial charge in [-0.1, -0.05) is 13.8 Å². The van der Waals surface area contributed by atoms with Crippen LogP contribution in [0.3, 0.4) is 0 Å².